The molecule has 2 fully saturated rings. The van der Waals surface area contributed by atoms with Gasteiger partial charge in [0.05, 0.1) is 23.2 Å². The Morgan fingerprint density at radius 1 is 1.13 bits per heavy atom. The van der Waals surface area contributed by atoms with Crippen LogP contribution < -0.4 is 0 Å². The van der Waals surface area contributed by atoms with Crippen molar-refractivity contribution in [2.24, 2.45) is 5.92 Å². The summed E-state index contributed by atoms with van der Waals surface area (Å²) >= 11 is 0. The van der Waals surface area contributed by atoms with Crippen molar-refractivity contribution >= 4 is 17.5 Å². The van der Waals surface area contributed by atoms with Gasteiger partial charge in [-0.3, -0.25) is 14.6 Å². The van der Waals surface area contributed by atoms with Gasteiger partial charge < -0.3 is 10.0 Å². The van der Waals surface area contributed by atoms with Gasteiger partial charge in [0, 0.05) is 42.0 Å². The topological polar surface area (TPSA) is 101 Å². The van der Waals surface area contributed by atoms with Crippen LogP contribution in [0.4, 0.5) is 4.39 Å². The normalized spacial score (nSPS) is 22.4. The van der Waals surface area contributed by atoms with Crippen molar-refractivity contribution in [3.8, 4) is 11.3 Å². The van der Waals surface area contributed by atoms with Gasteiger partial charge in [-0.2, -0.15) is 5.10 Å². The van der Waals surface area contributed by atoms with Crippen LogP contribution in [0, 0.1) is 11.7 Å². The Morgan fingerprint density at radius 2 is 1.95 bits per heavy atom. The number of pyridine rings is 1. The third kappa shape index (κ3) is 3.76. The third-order valence-corrected chi connectivity index (χ3v) is 8.16. The summed E-state index contributed by atoms with van der Waals surface area (Å²) < 4.78 is 16.9. The van der Waals surface area contributed by atoms with Gasteiger partial charge in [-0.15, -0.1) is 0 Å². The van der Waals surface area contributed by atoms with Crippen LogP contribution in [0.3, 0.4) is 0 Å². The lowest BCUT2D eigenvalue weighted by Gasteiger charge is -2.35. The largest absolute Gasteiger partial charge is 0.481 e. The van der Waals surface area contributed by atoms with E-state index in [0.717, 1.165) is 30.5 Å². The minimum Gasteiger partial charge on any atom is -0.481 e. The van der Waals surface area contributed by atoms with Gasteiger partial charge in [0.25, 0.3) is 5.91 Å². The minimum absolute atomic E-state index is 0.0544. The number of carboxylic acid groups (broad SMARTS) is 1. The summed E-state index contributed by atoms with van der Waals surface area (Å²) in [6.07, 6.45) is 4.71. The molecule has 0 saturated heterocycles. The molecule has 7 rings (SSSR count). The van der Waals surface area contributed by atoms with Crippen LogP contribution in [-0.4, -0.2) is 48.0 Å². The maximum atomic E-state index is 15.1. The van der Waals surface area contributed by atoms with E-state index >= 15 is 4.39 Å². The summed E-state index contributed by atoms with van der Waals surface area (Å²) in [5, 5.41) is 13.8. The van der Waals surface area contributed by atoms with Crippen molar-refractivity contribution in [2.45, 2.75) is 50.5 Å². The summed E-state index contributed by atoms with van der Waals surface area (Å²) in [6, 6.07) is 13.0. The lowest BCUT2D eigenvalue weighted by atomic mass is 9.93. The molecule has 1 N–H and O–H groups in total. The molecule has 38 heavy (non-hydrogen) atoms. The molecule has 3 aromatic heterocycles. The number of aliphatic carboxylic acids is 1. The maximum Gasteiger partial charge on any atom is 0.307 e. The second kappa shape index (κ2) is 8.44. The predicted octanol–water partition coefficient (Wildman–Crippen LogP) is 4.76. The molecular weight excluding hydrogens is 485 g/mol. The Morgan fingerprint density at radius 3 is 2.68 bits per heavy atom. The van der Waals surface area contributed by atoms with Crippen molar-refractivity contribution in [3.05, 3.63) is 82.7 Å². The third-order valence-electron chi connectivity index (χ3n) is 8.16. The summed E-state index contributed by atoms with van der Waals surface area (Å²) in [5.74, 6) is -1.96. The van der Waals surface area contributed by atoms with Crippen molar-refractivity contribution in [2.75, 3.05) is 6.54 Å². The minimum atomic E-state index is -0.881. The number of carbonyl (C=O) groups excluding carboxylic acids is 1. The fourth-order valence-electron chi connectivity index (χ4n) is 5.74. The van der Waals surface area contributed by atoms with Crippen molar-refractivity contribution < 1.29 is 19.1 Å². The number of carbonyl (C=O) groups is 2. The van der Waals surface area contributed by atoms with E-state index in [0.29, 0.717) is 35.7 Å². The Hall–Kier alpha value is -4.14. The number of hydrogen-bond donors (Lipinski definition) is 1. The van der Waals surface area contributed by atoms with E-state index in [2.05, 4.69) is 27.2 Å². The fourth-order valence-corrected chi connectivity index (χ4v) is 5.74. The van der Waals surface area contributed by atoms with Gasteiger partial charge in [-0.1, -0.05) is 24.3 Å². The summed E-state index contributed by atoms with van der Waals surface area (Å²) in [5.41, 5.74) is 5.26. The molecule has 0 spiro atoms. The number of halogens is 1. The molecule has 4 heterocycles. The first-order chi connectivity index (χ1) is 18.4. The quantitative estimate of drug-likeness (QED) is 0.415. The zero-order valence-electron chi connectivity index (χ0n) is 20.8. The van der Waals surface area contributed by atoms with Crippen LogP contribution in [0.2, 0.25) is 0 Å². The van der Waals surface area contributed by atoms with Crippen LogP contribution >= 0.6 is 0 Å². The first-order valence-corrected chi connectivity index (χ1v) is 13.1. The lowest BCUT2D eigenvalue weighted by Crippen LogP contribution is -2.39. The van der Waals surface area contributed by atoms with Crippen LogP contribution in [0.25, 0.3) is 16.9 Å². The molecule has 2 aliphatic carbocycles. The first kappa shape index (κ1) is 23.0. The van der Waals surface area contributed by atoms with E-state index < -0.39 is 17.7 Å². The van der Waals surface area contributed by atoms with E-state index in [1.165, 1.54) is 17.8 Å². The maximum absolute atomic E-state index is 15.1. The van der Waals surface area contributed by atoms with Gasteiger partial charge in [-0.05, 0) is 55.9 Å². The second-order valence-electron chi connectivity index (χ2n) is 10.6. The molecule has 3 atom stereocenters. The highest BCUT2D eigenvalue weighted by Crippen LogP contribution is 2.47. The smallest absolute Gasteiger partial charge is 0.307 e. The standard InChI is InChI=1S/C29H26FN5O3/c1-15-18-5-3-2-4-16(18)8-9-34(15)28(36)25-12-26(17-6-7-17)35-27(32-25)13-24(33-35)21-14-31-23(11-22(21)30)19-10-20(19)29(37)38/h2-5,11-15,17,19-20H,6-10H2,1H3,(H,37,38)/t15-,19-,20-/m1/s1. The summed E-state index contributed by atoms with van der Waals surface area (Å²) in [4.78, 5) is 35.8. The number of aromatic nitrogens is 4. The Balaban J connectivity index is 1.23. The molecule has 192 valence electrons. The zero-order chi connectivity index (χ0) is 26.1. The van der Waals surface area contributed by atoms with Crippen molar-refractivity contribution in [1.29, 1.82) is 0 Å². The first-order valence-electron chi connectivity index (χ1n) is 13.1. The molecule has 0 unspecified atom stereocenters. The van der Waals surface area contributed by atoms with E-state index in [1.54, 1.807) is 10.6 Å². The van der Waals surface area contributed by atoms with Crippen LogP contribution in [-0.2, 0) is 11.2 Å². The van der Waals surface area contributed by atoms with Gasteiger partial charge in [-0.25, -0.2) is 13.9 Å². The molecule has 9 heteroatoms. The van der Waals surface area contributed by atoms with E-state index in [-0.39, 0.29) is 29.3 Å². The molecule has 2 saturated carbocycles. The van der Waals surface area contributed by atoms with Crippen LogP contribution in [0.15, 0.2) is 48.7 Å². The number of carboxylic acids is 1. The highest BCUT2D eigenvalue weighted by atomic mass is 19.1. The number of amides is 1. The Kier molecular flexibility index (Phi) is 5.11. The summed E-state index contributed by atoms with van der Waals surface area (Å²) in [6.45, 7) is 2.67. The zero-order valence-corrected chi connectivity index (χ0v) is 20.8. The summed E-state index contributed by atoms with van der Waals surface area (Å²) in [7, 11) is 0. The van der Waals surface area contributed by atoms with Gasteiger partial charge >= 0.3 is 5.97 Å². The molecule has 0 radical (unpaired) electrons. The molecule has 1 aliphatic heterocycles. The van der Waals surface area contributed by atoms with Crippen molar-refractivity contribution in [3.63, 3.8) is 0 Å². The molecule has 0 bridgehead atoms. The average molecular weight is 512 g/mol. The highest BCUT2D eigenvalue weighted by molar-refractivity contribution is 5.93. The van der Waals surface area contributed by atoms with Gasteiger partial charge in [0.1, 0.15) is 11.5 Å². The number of fused-ring (bicyclic) bond motifs is 2. The lowest BCUT2D eigenvalue weighted by molar-refractivity contribution is -0.138. The Bertz CT molecular complexity index is 1630. The molecular formula is C29H26FN5O3. The molecule has 3 aliphatic rings. The van der Waals surface area contributed by atoms with E-state index in [9.17, 15) is 14.7 Å². The molecule has 4 aromatic rings. The number of benzene rings is 1. The van der Waals surface area contributed by atoms with Gasteiger partial charge in [0.15, 0.2) is 5.65 Å². The molecule has 1 aromatic carbocycles. The van der Waals surface area contributed by atoms with Crippen LogP contribution in [0.1, 0.15) is 77.1 Å². The average Bonchev–Trinajstić information content (AvgIpc) is 3.84. The van der Waals surface area contributed by atoms with Crippen molar-refractivity contribution in [1.82, 2.24) is 24.5 Å². The fraction of sp³-hybridized carbons (Fsp3) is 0.345. The highest BCUT2D eigenvalue weighted by Gasteiger charge is 2.45. The second-order valence-corrected chi connectivity index (χ2v) is 10.6. The number of nitrogens with zero attached hydrogens (tertiary/aromatic N) is 5. The Labute approximate surface area is 218 Å². The van der Waals surface area contributed by atoms with E-state index in [4.69, 9.17) is 0 Å². The van der Waals surface area contributed by atoms with Crippen LogP contribution in [0.5, 0.6) is 0 Å². The number of hydrogen-bond acceptors (Lipinski definition) is 5. The monoisotopic (exact) mass is 511 g/mol. The number of rotatable bonds is 5. The van der Waals surface area contributed by atoms with E-state index in [1.807, 2.05) is 30.0 Å². The SMILES string of the molecule is C[C@@H]1c2ccccc2CCN1C(=O)c1cc(C2CC2)n2nc(-c3cnc([C@@H]4C[C@H]4C(=O)O)cc3F)cc2n1. The molecule has 8 nitrogen and oxygen atoms in total. The van der Waals surface area contributed by atoms with Gasteiger partial charge in [0.2, 0.25) is 0 Å². The predicted molar refractivity (Wildman–Crippen MR) is 136 cm³/mol. The molecule has 1 amide bonds.